The van der Waals surface area contributed by atoms with Crippen molar-refractivity contribution in [3.63, 3.8) is 0 Å². The van der Waals surface area contributed by atoms with E-state index in [0.717, 1.165) is 30.7 Å². The summed E-state index contributed by atoms with van der Waals surface area (Å²) in [4.78, 5) is 4.27. The molecule has 1 atom stereocenters. The Hall–Kier alpha value is -1.91. The maximum absolute atomic E-state index is 9.18. The maximum Gasteiger partial charge on any atom is 0.137 e. The van der Waals surface area contributed by atoms with Crippen LogP contribution in [-0.2, 0) is 19.4 Å². The van der Waals surface area contributed by atoms with Gasteiger partial charge < -0.3 is 15.2 Å². The number of nitrogens with one attached hydrogen (secondary N) is 1. The van der Waals surface area contributed by atoms with Gasteiger partial charge in [-0.1, -0.05) is 24.3 Å². The Kier molecular flexibility index (Phi) is 5.03. The summed E-state index contributed by atoms with van der Waals surface area (Å²) in [6, 6.07) is 10.6. The van der Waals surface area contributed by atoms with Gasteiger partial charge in [0.2, 0.25) is 0 Å². The van der Waals surface area contributed by atoms with Crippen molar-refractivity contribution in [2.75, 3.05) is 13.2 Å². The summed E-state index contributed by atoms with van der Waals surface area (Å²) in [6.07, 6.45) is 6.71. The minimum absolute atomic E-state index is 0.0912. The molecule has 116 valence electrons. The normalized spacial score (nSPS) is 17.0. The number of nitrogens with zero attached hydrogens (tertiary/aromatic N) is 1. The fourth-order valence-corrected chi connectivity index (χ4v) is 2.54. The average Bonchev–Trinajstić information content (AvgIpc) is 2.52. The molecule has 2 N–H and O–H groups in total. The number of aliphatic hydroxyl groups is 1. The second-order valence-corrected chi connectivity index (χ2v) is 5.76. The van der Waals surface area contributed by atoms with Gasteiger partial charge >= 0.3 is 0 Å². The molecular weight excluding hydrogens is 276 g/mol. The molecule has 1 aromatic heterocycles. The van der Waals surface area contributed by atoms with Gasteiger partial charge in [-0.3, -0.25) is 4.98 Å². The number of hydrogen-bond donors (Lipinski definition) is 2. The van der Waals surface area contributed by atoms with Gasteiger partial charge in [0.15, 0.2) is 0 Å². The van der Waals surface area contributed by atoms with Crippen molar-refractivity contribution in [2.24, 2.45) is 0 Å². The minimum Gasteiger partial charge on any atom is -0.490 e. The number of aromatic nitrogens is 1. The predicted molar refractivity (Wildman–Crippen MR) is 85.9 cm³/mol. The van der Waals surface area contributed by atoms with Crippen LogP contribution in [0.3, 0.4) is 0 Å². The number of rotatable bonds is 7. The van der Waals surface area contributed by atoms with Crippen molar-refractivity contribution >= 4 is 0 Å². The molecule has 22 heavy (non-hydrogen) atoms. The van der Waals surface area contributed by atoms with E-state index in [1.54, 1.807) is 6.20 Å². The third-order valence-corrected chi connectivity index (χ3v) is 4.02. The van der Waals surface area contributed by atoms with Gasteiger partial charge in [-0.15, -0.1) is 0 Å². The molecule has 1 aliphatic heterocycles. The molecule has 0 amide bonds. The van der Waals surface area contributed by atoms with E-state index in [1.165, 1.54) is 17.5 Å². The van der Waals surface area contributed by atoms with Crippen LogP contribution in [0.2, 0.25) is 0 Å². The van der Waals surface area contributed by atoms with Crippen molar-refractivity contribution in [1.82, 2.24) is 10.3 Å². The first kappa shape index (κ1) is 15.0. The Labute approximate surface area is 131 Å². The molecule has 3 rings (SSSR count). The van der Waals surface area contributed by atoms with Gasteiger partial charge in [0.1, 0.15) is 12.4 Å². The highest BCUT2D eigenvalue weighted by atomic mass is 16.5. The third-order valence-electron chi connectivity index (χ3n) is 4.02. The first-order valence-electron chi connectivity index (χ1n) is 7.82. The summed E-state index contributed by atoms with van der Waals surface area (Å²) in [6.45, 7) is 1.90. The maximum atomic E-state index is 9.18. The van der Waals surface area contributed by atoms with Crippen LogP contribution in [-0.4, -0.2) is 29.3 Å². The Bertz CT molecular complexity index is 612. The van der Waals surface area contributed by atoms with Crippen molar-refractivity contribution in [1.29, 1.82) is 0 Å². The first-order valence-corrected chi connectivity index (χ1v) is 7.82. The molecule has 2 heterocycles. The van der Waals surface area contributed by atoms with Crippen molar-refractivity contribution in [3.8, 4) is 5.75 Å². The summed E-state index contributed by atoms with van der Waals surface area (Å²) in [5.74, 6) is 0.843. The SMILES string of the molecule is OCc1cccc(CCc2cncc(OCC3CCN3)c2)c1. The van der Waals surface area contributed by atoms with Crippen LogP contribution in [0.1, 0.15) is 23.1 Å². The Morgan fingerprint density at radius 2 is 1.95 bits per heavy atom. The van der Waals surface area contributed by atoms with Gasteiger partial charge in [-0.25, -0.2) is 0 Å². The van der Waals surface area contributed by atoms with Gasteiger partial charge in [0, 0.05) is 12.2 Å². The molecule has 1 aliphatic rings. The highest BCUT2D eigenvalue weighted by molar-refractivity contribution is 5.27. The fraction of sp³-hybridized carbons (Fsp3) is 0.389. The lowest BCUT2D eigenvalue weighted by atomic mass is 10.0. The summed E-state index contributed by atoms with van der Waals surface area (Å²) in [7, 11) is 0. The molecule has 2 aromatic rings. The summed E-state index contributed by atoms with van der Waals surface area (Å²) in [5, 5.41) is 12.5. The molecule has 0 bridgehead atoms. The van der Waals surface area contributed by atoms with E-state index in [0.29, 0.717) is 12.6 Å². The lowest BCUT2D eigenvalue weighted by Gasteiger charge is -2.27. The second kappa shape index (κ2) is 7.38. The zero-order chi connectivity index (χ0) is 15.2. The molecule has 4 heteroatoms. The third kappa shape index (κ3) is 4.06. The van der Waals surface area contributed by atoms with E-state index in [4.69, 9.17) is 4.74 Å². The number of hydrogen-bond acceptors (Lipinski definition) is 4. The highest BCUT2D eigenvalue weighted by Gasteiger charge is 2.16. The highest BCUT2D eigenvalue weighted by Crippen LogP contribution is 2.15. The van der Waals surface area contributed by atoms with E-state index >= 15 is 0 Å². The van der Waals surface area contributed by atoms with Crippen LogP contribution >= 0.6 is 0 Å². The zero-order valence-electron chi connectivity index (χ0n) is 12.7. The Balaban J connectivity index is 1.55. The quantitative estimate of drug-likeness (QED) is 0.822. The topological polar surface area (TPSA) is 54.4 Å². The van der Waals surface area contributed by atoms with Crippen LogP contribution < -0.4 is 10.1 Å². The molecule has 0 saturated carbocycles. The summed E-state index contributed by atoms with van der Waals surface area (Å²) < 4.78 is 5.78. The largest absolute Gasteiger partial charge is 0.490 e. The monoisotopic (exact) mass is 298 g/mol. The number of pyridine rings is 1. The molecule has 1 aromatic carbocycles. The van der Waals surface area contributed by atoms with Gasteiger partial charge in [-0.05, 0) is 48.6 Å². The standard InChI is InChI=1S/C18H22N2O2/c21-12-16-3-1-2-14(8-16)4-5-15-9-18(11-19-10-15)22-13-17-6-7-20-17/h1-3,8-11,17,20-21H,4-7,12-13H2. The molecular formula is C18H22N2O2. The van der Waals surface area contributed by atoms with E-state index in [1.807, 2.05) is 18.3 Å². The van der Waals surface area contributed by atoms with Gasteiger partial charge in [-0.2, -0.15) is 0 Å². The van der Waals surface area contributed by atoms with Crippen LogP contribution in [0.15, 0.2) is 42.7 Å². The zero-order valence-corrected chi connectivity index (χ0v) is 12.7. The van der Waals surface area contributed by atoms with Crippen LogP contribution in [0.5, 0.6) is 5.75 Å². The van der Waals surface area contributed by atoms with Crippen LogP contribution in [0, 0.1) is 0 Å². The molecule has 1 unspecified atom stereocenters. The van der Waals surface area contributed by atoms with Crippen LogP contribution in [0.4, 0.5) is 0 Å². The van der Waals surface area contributed by atoms with E-state index in [9.17, 15) is 5.11 Å². The van der Waals surface area contributed by atoms with E-state index in [2.05, 4.69) is 28.5 Å². The lowest BCUT2D eigenvalue weighted by Crippen LogP contribution is -2.46. The average molecular weight is 298 g/mol. The van der Waals surface area contributed by atoms with E-state index < -0.39 is 0 Å². The van der Waals surface area contributed by atoms with Crippen molar-refractivity contribution in [2.45, 2.75) is 31.9 Å². The van der Waals surface area contributed by atoms with Gasteiger partial charge in [0.05, 0.1) is 12.8 Å². The van der Waals surface area contributed by atoms with E-state index in [-0.39, 0.29) is 6.61 Å². The number of aryl methyl sites for hydroxylation is 2. The lowest BCUT2D eigenvalue weighted by molar-refractivity contribution is 0.217. The predicted octanol–water partition coefficient (Wildman–Crippen LogP) is 2.10. The fourth-order valence-electron chi connectivity index (χ4n) is 2.54. The number of aliphatic hydroxyl groups excluding tert-OH is 1. The first-order chi connectivity index (χ1) is 10.8. The number of benzene rings is 1. The molecule has 0 spiro atoms. The van der Waals surface area contributed by atoms with Gasteiger partial charge in [0.25, 0.3) is 0 Å². The minimum atomic E-state index is 0.0912. The molecule has 1 saturated heterocycles. The van der Waals surface area contributed by atoms with Crippen LogP contribution in [0.25, 0.3) is 0 Å². The van der Waals surface area contributed by atoms with Crippen molar-refractivity contribution < 1.29 is 9.84 Å². The Morgan fingerprint density at radius 1 is 1.14 bits per heavy atom. The summed E-state index contributed by atoms with van der Waals surface area (Å²) >= 11 is 0. The van der Waals surface area contributed by atoms with Crippen molar-refractivity contribution in [3.05, 3.63) is 59.4 Å². The molecule has 0 aliphatic carbocycles. The number of ether oxygens (including phenoxy) is 1. The molecule has 4 nitrogen and oxygen atoms in total. The molecule has 1 fully saturated rings. The Morgan fingerprint density at radius 3 is 2.73 bits per heavy atom. The smallest absolute Gasteiger partial charge is 0.137 e. The molecule has 0 radical (unpaired) electrons. The summed E-state index contributed by atoms with van der Waals surface area (Å²) in [5.41, 5.74) is 3.37. The second-order valence-electron chi connectivity index (χ2n) is 5.76.